The van der Waals surface area contributed by atoms with Crippen molar-refractivity contribution in [3.8, 4) is 0 Å². The van der Waals surface area contributed by atoms with Crippen molar-refractivity contribution in [2.45, 2.75) is 38.3 Å². The van der Waals surface area contributed by atoms with Crippen LogP contribution < -0.4 is 16.4 Å². The van der Waals surface area contributed by atoms with E-state index in [-0.39, 0.29) is 6.54 Å². The molecule has 0 aliphatic heterocycles. The van der Waals surface area contributed by atoms with Crippen molar-refractivity contribution in [3.63, 3.8) is 0 Å². The molecule has 0 fully saturated rings. The molecule has 0 saturated heterocycles. The van der Waals surface area contributed by atoms with Crippen molar-refractivity contribution in [1.82, 2.24) is 10.6 Å². The van der Waals surface area contributed by atoms with Crippen molar-refractivity contribution < 1.29 is 19.5 Å². The summed E-state index contributed by atoms with van der Waals surface area (Å²) in [5, 5.41) is 14.0. The fourth-order valence-electron chi connectivity index (χ4n) is 2.17. The Morgan fingerprint density at radius 1 is 1.17 bits per heavy atom. The van der Waals surface area contributed by atoms with Gasteiger partial charge in [-0.2, -0.15) is 0 Å². The Morgan fingerprint density at radius 3 is 2.35 bits per heavy atom. The van der Waals surface area contributed by atoms with E-state index in [1.807, 2.05) is 37.3 Å². The summed E-state index contributed by atoms with van der Waals surface area (Å²) in [6.07, 6.45) is 1.46. The maximum Gasteiger partial charge on any atom is 0.317 e. The summed E-state index contributed by atoms with van der Waals surface area (Å²) in [5.41, 5.74) is 6.24. The number of nitrogens with one attached hydrogen (secondary N) is 2. The highest BCUT2D eigenvalue weighted by molar-refractivity contribution is 5.89. The van der Waals surface area contributed by atoms with E-state index in [2.05, 4.69) is 10.6 Å². The van der Waals surface area contributed by atoms with Crippen molar-refractivity contribution in [2.75, 3.05) is 6.54 Å². The monoisotopic (exact) mass is 321 g/mol. The van der Waals surface area contributed by atoms with E-state index in [0.717, 1.165) is 5.56 Å². The number of primary amides is 1. The van der Waals surface area contributed by atoms with Crippen LogP contribution in [0.3, 0.4) is 0 Å². The van der Waals surface area contributed by atoms with Crippen LogP contribution in [0.5, 0.6) is 0 Å². The van der Waals surface area contributed by atoms with Gasteiger partial charge in [0, 0.05) is 6.42 Å². The molecule has 7 heteroatoms. The first kappa shape index (κ1) is 18.6. The number of hydrogen-bond acceptors (Lipinski definition) is 4. The maximum atomic E-state index is 12.3. The summed E-state index contributed by atoms with van der Waals surface area (Å²) < 4.78 is 0. The minimum Gasteiger partial charge on any atom is -0.480 e. The second kappa shape index (κ2) is 9.58. The third-order valence-electron chi connectivity index (χ3n) is 3.34. The Morgan fingerprint density at radius 2 is 1.83 bits per heavy atom. The first-order valence-electron chi connectivity index (χ1n) is 7.52. The van der Waals surface area contributed by atoms with Gasteiger partial charge in [-0.25, -0.2) is 0 Å². The zero-order valence-electron chi connectivity index (χ0n) is 13.1. The minimum atomic E-state index is -1.05. The molecule has 0 aliphatic carbocycles. The second-order valence-corrected chi connectivity index (χ2v) is 5.27. The van der Waals surface area contributed by atoms with Crippen LogP contribution in [-0.4, -0.2) is 41.5 Å². The Labute approximate surface area is 135 Å². The van der Waals surface area contributed by atoms with E-state index in [1.165, 1.54) is 0 Å². The molecule has 0 bridgehead atoms. The molecule has 0 aliphatic rings. The van der Waals surface area contributed by atoms with E-state index >= 15 is 0 Å². The molecular formula is C16H23N3O4. The molecule has 0 heterocycles. The molecule has 7 nitrogen and oxygen atoms in total. The average Bonchev–Trinajstić information content (AvgIpc) is 2.51. The maximum absolute atomic E-state index is 12.3. The SMILES string of the molecule is CCCC(NCC(=O)O)C(=O)N[C@@H](Cc1ccccc1)C(N)=O. The lowest BCUT2D eigenvalue weighted by atomic mass is 10.0. The standard InChI is InChI=1S/C16H23N3O4/c1-2-6-12(18-10-14(20)21)16(23)19-13(15(17)22)9-11-7-4-3-5-8-11/h3-5,7-8,12-13,18H,2,6,9-10H2,1H3,(H2,17,22)(H,19,23)(H,20,21)/t12?,13-/m0/s1. The third-order valence-corrected chi connectivity index (χ3v) is 3.34. The van der Waals surface area contributed by atoms with Gasteiger partial charge < -0.3 is 16.2 Å². The van der Waals surface area contributed by atoms with Crippen LogP contribution in [0.15, 0.2) is 30.3 Å². The van der Waals surface area contributed by atoms with Crippen molar-refractivity contribution in [2.24, 2.45) is 5.73 Å². The third kappa shape index (κ3) is 6.92. The van der Waals surface area contributed by atoms with Gasteiger partial charge in [0.2, 0.25) is 11.8 Å². The first-order chi connectivity index (χ1) is 10.9. The van der Waals surface area contributed by atoms with Crippen LogP contribution >= 0.6 is 0 Å². The highest BCUT2D eigenvalue weighted by Crippen LogP contribution is 2.04. The van der Waals surface area contributed by atoms with E-state index in [1.54, 1.807) is 0 Å². The van der Waals surface area contributed by atoms with Gasteiger partial charge >= 0.3 is 5.97 Å². The second-order valence-electron chi connectivity index (χ2n) is 5.27. The lowest BCUT2D eigenvalue weighted by Gasteiger charge is -2.21. The minimum absolute atomic E-state index is 0.291. The number of nitrogens with two attached hydrogens (primary N) is 1. The number of benzene rings is 1. The Kier molecular flexibility index (Phi) is 7.76. The van der Waals surface area contributed by atoms with E-state index in [0.29, 0.717) is 19.3 Å². The molecule has 1 aromatic carbocycles. The quantitative estimate of drug-likeness (QED) is 0.485. The zero-order valence-corrected chi connectivity index (χ0v) is 13.1. The molecular weight excluding hydrogens is 298 g/mol. The van der Waals surface area contributed by atoms with Gasteiger partial charge in [-0.3, -0.25) is 19.7 Å². The summed E-state index contributed by atoms with van der Waals surface area (Å²) in [7, 11) is 0. The van der Waals surface area contributed by atoms with E-state index in [9.17, 15) is 14.4 Å². The highest BCUT2D eigenvalue weighted by atomic mass is 16.4. The summed E-state index contributed by atoms with van der Waals surface area (Å²) in [6.45, 7) is 1.57. The van der Waals surface area contributed by atoms with Crippen molar-refractivity contribution in [3.05, 3.63) is 35.9 Å². The molecule has 0 spiro atoms. The molecule has 23 heavy (non-hydrogen) atoms. The topological polar surface area (TPSA) is 122 Å². The Balaban J connectivity index is 2.70. The number of carbonyl (C=O) groups excluding carboxylic acids is 2. The van der Waals surface area contributed by atoms with Gasteiger partial charge in [0.05, 0.1) is 12.6 Å². The number of carbonyl (C=O) groups is 3. The van der Waals surface area contributed by atoms with Crippen LogP contribution in [0.4, 0.5) is 0 Å². The summed E-state index contributed by atoms with van der Waals surface area (Å²) in [5.74, 6) is -2.10. The number of carboxylic acids is 1. The van der Waals surface area contributed by atoms with Gasteiger partial charge in [-0.1, -0.05) is 43.7 Å². The fraction of sp³-hybridized carbons (Fsp3) is 0.438. The molecule has 1 unspecified atom stereocenters. The summed E-state index contributed by atoms with van der Waals surface area (Å²) in [4.78, 5) is 34.5. The highest BCUT2D eigenvalue weighted by Gasteiger charge is 2.24. The number of carboxylic acid groups (broad SMARTS) is 1. The number of amides is 2. The molecule has 2 atom stereocenters. The van der Waals surface area contributed by atoms with Crippen LogP contribution in [0.25, 0.3) is 0 Å². The van der Waals surface area contributed by atoms with Crippen LogP contribution in [0.2, 0.25) is 0 Å². The molecule has 5 N–H and O–H groups in total. The smallest absolute Gasteiger partial charge is 0.317 e. The average molecular weight is 321 g/mol. The number of rotatable bonds is 10. The number of hydrogen-bond donors (Lipinski definition) is 4. The lowest BCUT2D eigenvalue weighted by molar-refractivity contribution is -0.136. The Hall–Kier alpha value is -2.41. The first-order valence-corrected chi connectivity index (χ1v) is 7.52. The molecule has 0 aromatic heterocycles. The molecule has 126 valence electrons. The van der Waals surface area contributed by atoms with Gasteiger partial charge in [-0.15, -0.1) is 0 Å². The van der Waals surface area contributed by atoms with Crippen molar-refractivity contribution >= 4 is 17.8 Å². The number of aliphatic carboxylic acids is 1. The predicted octanol–water partition coefficient (Wildman–Crippen LogP) is 0.0421. The van der Waals surface area contributed by atoms with Crippen LogP contribution in [0.1, 0.15) is 25.3 Å². The van der Waals surface area contributed by atoms with Crippen LogP contribution in [-0.2, 0) is 20.8 Å². The lowest BCUT2D eigenvalue weighted by Crippen LogP contribution is -2.53. The molecule has 0 saturated carbocycles. The largest absolute Gasteiger partial charge is 0.480 e. The molecule has 2 amide bonds. The zero-order chi connectivity index (χ0) is 17.2. The summed E-state index contributed by atoms with van der Waals surface area (Å²) >= 11 is 0. The Bertz CT molecular complexity index is 533. The van der Waals surface area contributed by atoms with Gasteiger partial charge in [0.25, 0.3) is 0 Å². The van der Waals surface area contributed by atoms with E-state index in [4.69, 9.17) is 10.8 Å². The normalized spacial score (nSPS) is 13.1. The molecule has 1 rings (SSSR count). The van der Waals surface area contributed by atoms with Gasteiger partial charge in [0.1, 0.15) is 6.04 Å². The summed E-state index contributed by atoms with van der Waals surface area (Å²) in [6, 6.07) is 7.70. The van der Waals surface area contributed by atoms with Crippen LogP contribution in [0, 0.1) is 0 Å². The van der Waals surface area contributed by atoms with Crippen molar-refractivity contribution in [1.29, 1.82) is 0 Å². The van der Waals surface area contributed by atoms with Gasteiger partial charge in [0.15, 0.2) is 0 Å². The fourth-order valence-corrected chi connectivity index (χ4v) is 2.17. The molecule has 0 radical (unpaired) electrons. The van der Waals surface area contributed by atoms with Gasteiger partial charge in [-0.05, 0) is 12.0 Å². The predicted molar refractivity (Wildman–Crippen MR) is 85.6 cm³/mol. The molecule has 1 aromatic rings. The van der Waals surface area contributed by atoms with E-state index < -0.39 is 29.9 Å².